The summed E-state index contributed by atoms with van der Waals surface area (Å²) in [6.45, 7) is 0. The molecule has 0 unspecified atom stereocenters. The molecule has 2 aliphatic carbocycles. The molecule has 0 aromatic heterocycles. The summed E-state index contributed by atoms with van der Waals surface area (Å²) in [4.78, 5) is 0. The molecule has 0 atom stereocenters. The maximum Gasteiger partial charge on any atom is 4.00 e. The van der Waals surface area contributed by atoms with Crippen LogP contribution >= 0.6 is 0 Å². The van der Waals surface area contributed by atoms with Gasteiger partial charge < -0.3 is 30.9 Å². The van der Waals surface area contributed by atoms with Crippen LogP contribution in [0.5, 0.6) is 0 Å². The zero-order chi connectivity index (χ0) is 5.66. The summed E-state index contributed by atoms with van der Waals surface area (Å²) in [5.41, 5.74) is 0. The van der Waals surface area contributed by atoms with Crippen LogP contribution in [0.3, 0.4) is 0 Å². The van der Waals surface area contributed by atoms with Gasteiger partial charge in [-0.1, -0.05) is 0 Å². The quantitative estimate of drug-likeness (QED) is 0.290. The van der Waals surface area contributed by atoms with E-state index >= 15 is 0 Å². The molecule has 0 spiro atoms. The normalized spacial score (nSPS) is 13.1. The van der Waals surface area contributed by atoms with Crippen LogP contribution in [0.15, 0.2) is 24.3 Å². The van der Waals surface area contributed by atoms with Crippen molar-refractivity contribution < 1.29 is 46.5 Å². The van der Waals surface area contributed by atoms with Gasteiger partial charge in [-0.3, -0.25) is 12.2 Å². The molecule has 0 N–H and O–H groups in total. The Kier molecular flexibility index (Phi) is 21.0. The van der Waals surface area contributed by atoms with Gasteiger partial charge in [0.15, 0.2) is 0 Å². The van der Waals surface area contributed by atoms with E-state index in [9.17, 15) is 0 Å². The van der Waals surface area contributed by atoms with Gasteiger partial charge in [0.1, 0.15) is 0 Å². The van der Waals surface area contributed by atoms with E-state index in [2.05, 4.69) is 18.2 Å². The zero-order valence-corrected chi connectivity index (χ0v) is 9.05. The standard InChI is InChI=1S/C5H5.C3H3.2ClH.Ti/c1-2-4-5-3-1;1-2-3-1;;;/h1-3H,4H2;1H,2H2;2*1H;/q2*-1;;;+4/p-2. The first-order chi connectivity index (χ1) is 4.00. The van der Waals surface area contributed by atoms with E-state index < -0.39 is 0 Å². The first-order valence-electron chi connectivity index (χ1n) is 2.77. The molecule has 0 nitrogen and oxygen atoms in total. The first-order valence-corrected chi connectivity index (χ1v) is 2.77. The van der Waals surface area contributed by atoms with E-state index in [1.165, 1.54) is 0 Å². The van der Waals surface area contributed by atoms with Crippen LogP contribution in [0, 0.1) is 12.2 Å². The number of hydrogen-bond donors (Lipinski definition) is 0. The van der Waals surface area contributed by atoms with Crippen LogP contribution in [0.2, 0.25) is 0 Å². The van der Waals surface area contributed by atoms with Crippen LogP contribution < -0.4 is 24.8 Å². The second kappa shape index (κ2) is 13.1. The smallest absolute Gasteiger partial charge is 1.00 e. The number of rotatable bonds is 0. The second-order valence-corrected chi connectivity index (χ2v) is 1.62. The Bertz CT molecular complexity index is 125. The second-order valence-electron chi connectivity index (χ2n) is 1.62. The Morgan fingerprint density at radius 1 is 1.00 bits per heavy atom. The van der Waals surface area contributed by atoms with E-state index in [0.717, 1.165) is 12.8 Å². The van der Waals surface area contributed by atoms with Gasteiger partial charge in [0, 0.05) is 0 Å². The van der Waals surface area contributed by atoms with Gasteiger partial charge in [0.2, 0.25) is 0 Å². The molecule has 0 aliphatic heterocycles. The molecule has 2 rings (SSSR count). The molecule has 0 amide bonds. The predicted molar refractivity (Wildman–Crippen MR) is 34.0 cm³/mol. The Balaban J connectivity index is -0.0000000967. The van der Waals surface area contributed by atoms with Crippen LogP contribution in [0.25, 0.3) is 0 Å². The molecular formula is C8H8Cl2Ti. The summed E-state index contributed by atoms with van der Waals surface area (Å²) >= 11 is 0. The Hall–Kier alpha value is 0.514. The summed E-state index contributed by atoms with van der Waals surface area (Å²) in [6.07, 6.45) is 16.0. The molecular weight excluding hydrogens is 215 g/mol. The first kappa shape index (κ1) is 17.6. The van der Waals surface area contributed by atoms with Crippen molar-refractivity contribution in [1.29, 1.82) is 0 Å². The minimum Gasteiger partial charge on any atom is -1.00 e. The van der Waals surface area contributed by atoms with Crippen LogP contribution in [0.1, 0.15) is 12.8 Å². The average molecular weight is 223 g/mol. The molecule has 0 saturated heterocycles. The third-order valence-corrected chi connectivity index (χ3v) is 0.790. The topological polar surface area (TPSA) is 0 Å². The molecule has 0 bridgehead atoms. The molecule has 58 valence electrons. The van der Waals surface area contributed by atoms with Gasteiger partial charge >= 0.3 is 21.7 Å². The third-order valence-electron chi connectivity index (χ3n) is 0.790. The van der Waals surface area contributed by atoms with E-state index in [1.54, 1.807) is 0 Å². The van der Waals surface area contributed by atoms with Gasteiger partial charge in [0.05, 0.1) is 0 Å². The van der Waals surface area contributed by atoms with Gasteiger partial charge in [-0.15, -0.1) is 6.42 Å². The van der Waals surface area contributed by atoms with Gasteiger partial charge in [-0.2, -0.15) is 6.08 Å². The Labute approximate surface area is 95.5 Å². The monoisotopic (exact) mass is 222 g/mol. The number of halogens is 2. The fourth-order valence-electron chi connectivity index (χ4n) is 0.340. The molecule has 11 heavy (non-hydrogen) atoms. The molecule has 0 aromatic rings. The molecule has 3 heteroatoms. The largest absolute Gasteiger partial charge is 4.00 e. The average Bonchev–Trinajstić information content (AvgIpc) is 2.55. The molecule has 2 aliphatic rings. The number of allylic oxidation sites excluding steroid dienone is 6. The maximum atomic E-state index is 2.99. The van der Waals surface area contributed by atoms with Crippen molar-refractivity contribution in [1.82, 2.24) is 0 Å². The van der Waals surface area contributed by atoms with Crippen molar-refractivity contribution in [3.63, 3.8) is 0 Å². The number of hydrogen-bond acceptors (Lipinski definition) is 0. The molecule has 0 heterocycles. The van der Waals surface area contributed by atoms with Crippen molar-refractivity contribution in [3.05, 3.63) is 36.5 Å². The minimum atomic E-state index is 0. The molecule has 0 fully saturated rings. The van der Waals surface area contributed by atoms with E-state index in [4.69, 9.17) is 0 Å². The van der Waals surface area contributed by atoms with Crippen molar-refractivity contribution >= 4 is 0 Å². The van der Waals surface area contributed by atoms with Crippen molar-refractivity contribution in [2.75, 3.05) is 0 Å². The Morgan fingerprint density at radius 2 is 1.55 bits per heavy atom. The minimum absolute atomic E-state index is 0. The van der Waals surface area contributed by atoms with Crippen molar-refractivity contribution in [3.8, 4) is 0 Å². The van der Waals surface area contributed by atoms with E-state index in [0.29, 0.717) is 0 Å². The van der Waals surface area contributed by atoms with Gasteiger partial charge in [-0.25, -0.2) is 18.6 Å². The van der Waals surface area contributed by atoms with Crippen molar-refractivity contribution in [2.45, 2.75) is 12.8 Å². The van der Waals surface area contributed by atoms with Crippen LogP contribution in [-0.4, -0.2) is 0 Å². The SMILES string of the molecule is [C-]1=CC1.[C-]1=CC=CC1.[Cl-].[Cl-].[Ti+4]. The van der Waals surface area contributed by atoms with Crippen molar-refractivity contribution in [2.24, 2.45) is 0 Å². The van der Waals surface area contributed by atoms with E-state index in [-0.39, 0.29) is 46.5 Å². The van der Waals surface area contributed by atoms with Crippen LogP contribution in [-0.2, 0) is 21.7 Å². The summed E-state index contributed by atoms with van der Waals surface area (Å²) in [7, 11) is 0. The molecule has 0 aromatic carbocycles. The summed E-state index contributed by atoms with van der Waals surface area (Å²) in [6, 6.07) is 0. The van der Waals surface area contributed by atoms with Crippen LogP contribution in [0.4, 0.5) is 0 Å². The summed E-state index contributed by atoms with van der Waals surface area (Å²) < 4.78 is 0. The molecule has 0 saturated carbocycles. The zero-order valence-electron chi connectivity index (χ0n) is 5.98. The fourth-order valence-corrected chi connectivity index (χ4v) is 0.340. The summed E-state index contributed by atoms with van der Waals surface area (Å²) in [5, 5.41) is 0. The maximum absolute atomic E-state index is 2.99. The van der Waals surface area contributed by atoms with Gasteiger partial charge in [-0.05, 0) is 0 Å². The fraction of sp³-hybridized carbons (Fsp3) is 0.250. The summed E-state index contributed by atoms with van der Waals surface area (Å²) in [5.74, 6) is 0. The van der Waals surface area contributed by atoms with E-state index in [1.807, 2.05) is 18.2 Å². The predicted octanol–water partition coefficient (Wildman–Crippen LogP) is -3.94. The van der Waals surface area contributed by atoms with Gasteiger partial charge in [0.25, 0.3) is 0 Å². The third kappa shape index (κ3) is 18.0. The molecule has 0 radical (unpaired) electrons. The Morgan fingerprint density at radius 3 is 1.64 bits per heavy atom.